The maximum absolute atomic E-state index is 9.89. The van der Waals surface area contributed by atoms with Crippen LogP contribution in [0.1, 0.15) is 24.3 Å². The highest BCUT2D eigenvalue weighted by molar-refractivity contribution is 6.31. The van der Waals surface area contributed by atoms with Gasteiger partial charge in [-0.2, -0.15) is 0 Å². The lowest BCUT2D eigenvalue weighted by molar-refractivity contribution is 0.0276. The predicted octanol–water partition coefficient (Wildman–Crippen LogP) is 3.16. The van der Waals surface area contributed by atoms with Crippen LogP contribution in [0.5, 0.6) is 0 Å². The lowest BCUT2D eigenvalue weighted by Gasteiger charge is -2.16. The van der Waals surface area contributed by atoms with Gasteiger partial charge in [-0.1, -0.05) is 29.8 Å². The van der Waals surface area contributed by atoms with Crippen molar-refractivity contribution in [3.8, 4) is 0 Å². The van der Waals surface area contributed by atoms with Crippen molar-refractivity contribution >= 4 is 11.6 Å². The van der Waals surface area contributed by atoms with Crippen LogP contribution in [-0.4, -0.2) is 24.4 Å². The number of aliphatic hydroxyl groups excluding tert-OH is 1. The van der Waals surface area contributed by atoms with Crippen LogP contribution < -0.4 is 5.32 Å². The van der Waals surface area contributed by atoms with E-state index >= 15 is 0 Å². The molecule has 0 bridgehead atoms. The number of hydrogen-bond acceptors (Lipinski definition) is 4. The maximum Gasteiger partial charge on any atom is 0.120 e. The van der Waals surface area contributed by atoms with Gasteiger partial charge >= 0.3 is 0 Å². The molecule has 1 unspecified atom stereocenters. The standard InChI is InChI=1S/C16H20ClNO3/c1-12(16-7-4-8-21-16)18-9-14(19)11-20-10-13-5-2-3-6-15(13)17/h2-8,12,14,18-19H,9-11H2,1H3/t12-,14?/m0/s1. The van der Waals surface area contributed by atoms with Crippen LogP contribution in [0.25, 0.3) is 0 Å². The molecule has 0 saturated heterocycles. The Bertz CT molecular complexity index is 530. The molecule has 0 amide bonds. The van der Waals surface area contributed by atoms with E-state index in [0.29, 0.717) is 18.2 Å². The van der Waals surface area contributed by atoms with Crippen molar-refractivity contribution < 1.29 is 14.3 Å². The number of benzene rings is 1. The number of aliphatic hydroxyl groups is 1. The first-order valence-corrected chi connectivity index (χ1v) is 7.30. The molecule has 0 aliphatic carbocycles. The minimum atomic E-state index is -0.579. The van der Waals surface area contributed by atoms with Crippen LogP contribution in [0.15, 0.2) is 47.1 Å². The highest BCUT2D eigenvalue weighted by Crippen LogP contribution is 2.16. The van der Waals surface area contributed by atoms with Crippen molar-refractivity contribution in [2.24, 2.45) is 0 Å². The fourth-order valence-electron chi connectivity index (χ4n) is 1.93. The summed E-state index contributed by atoms with van der Waals surface area (Å²) in [6.45, 7) is 3.06. The largest absolute Gasteiger partial charge is 0.468 e. The third-order valence-electron chi connectivity index (χ3n) is 3.16. The highest BCUT2D eigenvalue weighted by Gasteiger charge is 2.11. The molecule has 1 aromatic carbocycles. The summed E-state index contributed by atoms with van der Waals surface area (Å²) in [6.07, 6.45) is 1.06. The zero-order valence-corrected chi connectivity index (χ0v) is 12.7. The Kier molecular flexibility index (Phi) is 6.26. The van der Waals surface area contributed by atoms with Gasteiger partial charge in [-0.05, 0) is 30.7 Å². The quantitative estimate of drug-likeness (QED) is 0.786. The number of hydrogen-bond donors (Lipinski definition) is 2. The van der Waals surface area contributed by atoms with E-state index in [2.05, 4.69) is 5.32 Å². The van der Waals surface area contributed by atoms with Gasteiger partial charge < -0.3 is 19.6 Å². The summed E-state index contributed by atoms with van der Waals surface area (Å²) in [5.74, 6) is 0.846. The predicted molar refractivity (Wildman–Crippen MR) is 82.2 cm³/mol. The maximum atomic E-state index is 9.89. The molecule has 0 aliphatic rings. The van der Waals surface area contributed by atoms with Crippen LogP contribution in [0, 0.1) is 0 Å². The summed E-state index contributed by atoms with van der Waals surface area (Å²) in [5, 5.41) is 13.8. The Morgan fingerprint density at radius 3 is 2.81 bits per heavy atom. The van der Waals surface area contributed by atoms with Gasteiger partial charge in [-0.25, -0.2) is 0 Å². The molecule has 0 spiro atoms. The van der Waals surface area contributed by atoms with E-state index in [-0.39, 0.29) is 12.6 Å². The second-order valence-corrected chi connectivity index (χ2v) is 5.31. The van der Waals surface area contributed by atoms with E-state index in [1.807, 2.05) is 43.3 Å². The van der Waals surface area contributed by atoms with Crippen LogP contribution >= 0.6 is 11.6 Å². The molecule has 2 atom stereocenters. The van der Waals surface area contributed by atoms with Gasteiger partial charge in [0.25, 0.3) is 0 Å². The molecule has 0 fully saturated rings. The molecule has 2 aromatic rings. The molecule has 5 heteroatoms. The number of furan rings is 1. The van der Waals surface area contributed by atoms with Gasteiger partial charge in [0.1, 0.15) is 5.76 Å². The number of ether oxygens (including phenoxy) is 1. The summed E-state index contributed by atoms with van der Waals surface area (Å²) < 4.78 is 10.8. The summed E-state index contributed by atoms with van der Waals surface area (Å²) >= 11 is 6.03. The minimum absolute atomic E-state index is 0.0539. The fourth-order valence-corrected chi connectivity index (χ4v) is 2.12. The Morgan fingerprint density at radius 1 is 1.29 bits per heavy atom. The second kappa shape index (κ2) is 8.20. The average Bonchev–Trinajstić information content (AvgIpc) is 3.01. The van der Waals surface area contributed by atoms with E-state index in [1.165, 1.54) is 0 Å². The monoisotopic (exact) mass is 309 g/mol. The van der Waals surface area contributed by atoms with Crippen molar-refractivity contribution in [1.82, 2.24) is 5.32 Å². The second-order valence-electron chi connectivity index (χ2n) is 4.91. The molecule has 1 heterocycles. The van der Waals surface area contributed by atoms with Crippen molar-refractivity contribution in [1.29, 1.82) is 0 Å². The van der Waals surface area contributed by atoms with Crippen LogP contribution in [0.2, 0.25) is 5.02 Å². The van der Waals surface area contributed by atoms with E-state index in [9.17, 15) is 5.11 Å². The third-order valence-corrected chi connectivity index (χ3v) is 3.52. The zero-order valence-electron chi connectivity index (χ0n) is 12.0. The van der Waals surface area contributed by atoms with Crippen LogP contribution in [-0.2, 0) is 11.3 Å². The normalized spacial score (nSPS) is 14.0. The van der Waals surface area contributed by atoms with Crippen molar-refractivity contribution in [2.75, 3.05) is 13.2 Å². The summed E-state index contributed by atoms with van der Waals surface area (Å²) in [6, 6.07) is 11.3. The lowest BCUT2D eigenvalue weighted by Crippen LogP contribution is -2.32. The van der Waals surface area contributed by atoms with Gasteiger partial charge in [0, 0.05) is 11.6 Å². The molecule has 2 N–H and O–H groups in total. The number of nitrogens with one attached hydrogen (secondary N) is 1. The smallest absolute Gasteiger partial charge is 0.120 e. The van der Waals surface area contributed by atoms with Crippen LogP contribution in [0.3, 0.4) is 0 Å². The topological polar surface area (TPSA) is 54.6 Å². The summed E-state index contributed by atoms with van der Waals surface area (Å²) in [5.41, 5.74) is 0.920. The Hall–Kier alpha value is -1.33. The van der Waals surface area contributed by atoms with Crippen molar-refractivity contribution in [2.45, 2.75) is 25.7 Å². The molecule has 1 aromatic heterocycles. The molecule has 114 valence electrons. The molecular weight excluding hydrogens is 290 g/mol. The molecule has 0 saturated carbocycles. The number of rotatable bonds is 8. The van der Waals surface area contributed by atoms with Gasteiger partial charge in [0.15, 0.2) is 0 Å². The first-order valence-electron chi connectivity index (χ1n) is 6.93. The highest BCUT2D eigenvalue weighted by atomic mass is 35.5. The van der Waals surface area contributed by atoms with Crippen LogP contribution in [0.4, 0.5) is 0 Å². The average molecular weight is 310 g/mol. The van der Waals surface area contributed by atoms with E-state index in [1.54, 1.807) is 6.26 Å². The first kappa shape index (κ1) is 16.0. The van der Waals surface area contributed by atoms with Gasteiger partial charge in [-0.3, -0.25) is 0 Å². The molecular formula is C16H20ClNO3. The van der Waals surface area contributed by atoms with E-state index < -0.39 is 6.10 Å². The van der Waals surface area contributed by atoms with Gasteiger partial charge in [-0.15, -0.1) is 0 Å². The Morgan fingerprint density at radius 2 is 2.10 bits per heavy atom. The van der Waals surface area contributed by atoms with E-state index in [0.717, 1.165) is 11.3 Å². The van der Waals surface area contributed by atoms with Gasteiger partial charge in [0.05, 0.1) is 31.6 Å². The molecule has 2 rings (SSSR count). The lowest BCUT2D eigenvalue weighted by atomic mass is 10.2. The van der Waals surface area contributed by atoms with E-state index in [4.69, 9.17) is 20.8 Å². The fraction of sp³-hybridized carbons (Fsp3) is 0.375. The van der Waals surface area contributed by atoms with Crippen molar-refractivity contribution in [3.63, 3.8) is 0 Å². The molecule has 0 radical (unpaired) electrons. The summed E-state index contributed by atoms with van der Waals surface area (Å²) in [7, 11) is 0. The Labute approximate surface area is 129 Å². The molecule has 21 heavy (non-hydrogen) atoms. The summed E-state index contributed by atoms with van der Waals surface area (Å²) in [4.78, 5) is 0. The van der Waals surface area contributed by atoms with Crippen molar-refractivity contribution in [3.05, 3.63) is 59.0 Å². The Balaban J connectivity index is 1.66. The first-order chi connectivity index (χ1) is 10.2. The number of halogens is 1. The third kappa shape index (κ3) is 5.17. The molecule has 4 nitrogen and oxygen atoms in total. The molecule has 0 aliphatic heterocycles. The zero-order chi connectivity index (χ0) is 15.1. The van der Waals surface area contributed by atoms with Gasteiger partial charge in [0.2, 0.25) is 0 Å². The minimum Gasteiger partial charge on any atom is -0.468 e. The SMILES string of the molecule is C[C@H](NCC(O)COCc1ccccc1Cl)c1ccco1.